The lowest BCUT2D eigenvalue weighted by Gasteiger charge is -2.03. The Morgan fingerprint density at radius 1 is 0.810 bits per heavy atom. The second-order valence-electron chi connectivity index (χ2n) is 4.82. The number of fused-ring (bicyclic) bond motifs is 2. The molecule has 21 heavy (non-hydrogen) atoms. The van der Waals surface area contributed by atoms with Gasteiger partial charge in [0, 0.05) is 22.4 Å². The molecule has 0 bridgehead atoms. The van der Waals surface area contributed by atoms with Gasteiger partial charge in [-0.05, 0) is 18.2 Å². The van der Waals surface area contributed by atoms with Crippen molar-refractivity contribution in [3.8, 4) is 11.3 Å². The lowest BCUT2D eigenvalue weighted by Crippen LogP contribution is -1.98. The fourth-order valence-electron chi connectivity index (χ4n) is 2.56. The van der Waals surface area contributed by atoms with E-state index >= 15 is 0 Å². The number of anilines is 1. The minimum absolute atomic E-state index is 0.427. The Labute approximate surface area is 119 Å². The molecule has 2 aromatic heterocycles. The maximum atomic E-state index is 11.8. The van der Waals surface area contributed by atoms with Crippen LogP contribution in [0.25, 0.3) is 33.3 Å². The lowest BCUT2D eigenvalue weighted by molar-refractivity contribution is 0.560. The topological polar surface area (TPSA) is 69.4 Å². The number of furan rings is 1. The molecule has 4 heteroatoms. The Kier molecular flexibility index (Phi) is 2.38. The van der Waals surface area contributed by atoms with Crippen LogP contribution < -0.4 is 11.4 Å². The summed E-state index contributed by atoms with van der Waals surface area (Å²) in [5.41, 5.74) is 8.15. The molecule has 0 atom stereocenters. The van der Waals surface area contributed by atoms with Crippen LogP contribution in [-0.2, 0) is 0 Å². The Morgan fingerprint density at radius 2 is 1.43 bits per heavy atom. The molecule has 0 aliphatic heterocycles. The summed E-state index contributed by atoms with van der Waals surface area (Å²) in [7, 11) is 0. The highest BCUT2D eigenvalue weighted by atomic mass is 16.4. The molecule has 4 aromatic rings. The van der Waals surface area contributed by atoms with E-state index in [9.17, 15) is 4.79 Å². The average molecular weight is 277 g/mol. The third-order valence-electron chi connectivity index (χ3n) is 3.53. The Hall–Kier alpha value is -3.01. The number of rotatable bonds is 1. The van der Waals surface area contributed by atoms with Gasteiger partial charge in [-0.1, -0.05) is 30.3 Å². The predicted octanol–water partition coefficient (Wildman–Crippen LogP) is 3.79. The number of nitrogen functional groups attached to an aromatic ring is 1. The van der Waals surface area contributed by atoms with E-state index in [-0.39, 0.29) is 0 Å². The van der Waals surface area contributed by atoms with Gasteiger partial charge in [0.25, 0.3) is 0 Å². The number of hydrogen-bond donors (Lipinski definition) is 1. The van der Waals surface area contributed by atoms with Crippen molar-refractivity contribution in [3.05, 3.63) is 65.0 Å². The molecule has 2 N–H and O–H groups in total. The monoisotopic (exact) mass is 277 g/mol. The Bertz CT molecular complexity index is 1030. The van der Waals surface area contributed by atoms with Crippen LogP contribution in [0.5, 0.6) is 0 Å². The average Bonchev–Trinajstić information content (AvgIpc) is 2.84. The molecule has 0 spiro atoms. The molecule has 102 valence electrons. The summed E-state index contributed by atoms with van der Waals surface area (Å²) in [5, 5.41) is 1.63. The van der Waals surface area contributed by atoms with Gasteiger partial charge in [-0.25, -0.2) is 4.79 Å². The van der Waals surface area contributed by atoms with Crippen molar-refractivity contribution in [3.63, 3.8) is 0 Å². The molecule has 0 fully saturated rings. The van der Waals surface area contributed by atoms with Crippen LogP contribution in [0.3, 0.4) is 0 Å². The van der Waals surface area contributed by atoms with Crippen molar-refractivity contribution >= 4 is 27.6 Å². The summed E-state index contributed by atoms with van der Waals surface area (Å²) in [5.74, 6) is 0.500. The first-order valence-electron chi connectivity index (χ1n) is 6.54. The fraction of sp³-hybridized carbons (Fsp3) is 0. The summed E-state index contributed by atoms with van der Waals surface area (Å²) in [6.45, 7) is 0. The van der Waals surface area contributed by atoms with Gasteiger partial charge in [-0.15, -0.1) is 0 Å². The smallest absolute Gasteiger partial charge is 0.336 e. The van der Waals surface area contributed by atoms with E-state index in [1.807, 2.05) is 42.5 Å². The molecule has 0 saturated carbocycles. The first-order valence-corrected chi connectivity index (χ1v) is 6.54. The Balaban J connectivity index is 2.13. The summed E-state index contributed by atoms with van der Waals surface area (Å²) in [4.78, 5) is 11.8. The van der Waals surface area contributed by atoms with E-state index < -0.39 is 5.63 Å². The molecular formula is C17H11NO3. The summed E-state index contributed by atoms with van der Waals surface area (Å²) in [6, 6.07) is 16.3. The van der Waals surface area contributed by atoms with E-state index in [4.69, 9.17) is 14.6 Å². The molecule has 0 aliphatic carbocycles. The van der Waals surface area contributed by atoms with Gasteiger partial charge in [0.15, 0.2) is 5.76 Å². The number of nitrogens with two attached hydrogens (primary N) is 1. The second kappa shape index (κ2) is 4.24. The van der Waals surface area contributed by atoms with Crippen LogP contribution in [0.2, 0.25) is 0 Å². The summed E-state index contributed by atoms with van der Waals surface area (Å²) in [6.07, 6.45) is 0. The molecule has 0 amide bonds. The van der Waals surface area contributed by atoms with E-state index in [2.05, 4.69) is 0 Å². The quantitative estimate of drug-likeness (QED) is 0.537. The SMILES string of the molecule is Nc1c(-c2cc(=O)oc3ccccc23)oc2ccccc12. The van der Waals surface area contributed by atoms with Crippen molar-refractivity contribution < 1.29 is 8.83 Å². The van der Waals surface area contributed by atoms with Crippen molar-refractivity contribution in [2.24, 2.45) is 0 Å². The molecule has 0 radical (unpaired) electrons. The minimum atomic E-state index is -0.427. The molecule has 0 aliphatic rings. The zero-order valence-corrected chi connectivity index (χ0v) is 11.0. The van der Waals surface area contributed by atoms with Gasteiger partial charge in [-0.2, -0.15) is 0 Å². The number of hydrogen-bond acceptors (Lipinski definition) is 4. The highest BCUT2D eigenvalue weighted by Crippen LogP contribution is 2.38. The highest BCUT2D eigenvalue weighted by molar-refractivity contribution is 6.02. The standard InChI is InChI=1S/C17H11NO3/c18-16-11-6-2-4-8-14(11)21-17(16)12-9-15(19)20-13-7-3-1-5-10(12)13/h1-9H,18H2. The Morgan fingerprint density at radius 3 is 2.14 bits per heavy atom. The highest BCUT2D eigenvalue weighted by Gasteiger charge is 2.16. The van der Waals surface area contributed by atoms with Crippen LogP contribution in [0.4, 0.5) is 5.69 Å². The van der Waals surface area contributed by atoms with E-state index in [1.165, 1.54) is 6.07 Å². The van der Waals surface area contributed by atoms with Crippen LogP contribution >= 0.6 is 0 Å². The van der Waals surface area contributed by atoms with Crippen molar-refractivity contribution in [2.75, 3.05) is 5.73 Å². The van der Waals surface area contributed by atoms with Gasteiger partial charge in [0.05, 0.1) is 5.69 Å². The second-order valence-corrected chi connectivity index (χ2v) is 4.82. The molecule has 2 heterocycles. The van der Waals surface area contributed by atoms with E-state index in [0.717, 1.165) is 10.8 Å². The van der Waals surface area contributed by atoms with Gasteiger partial charge in [0.2, 0.25) is 0 Å². The van der Waals surface area contributed by atoms with Crippen molar-refractivity contribution in [2.45, 2.75) is 0 Å². The molecule has 4 nitrogen and oxygen atoms in total. The van der Waals surface area contributed by atoms with Gasteiger partial charge in [-0.3, -0.25) is 0 Å². The van der Waals surface area contributed by atoms with Crippen LogP contribution in [0, 0.1) is 0 Å². The van der Waals surface area contributed by atoms with Crippen LogP contribution in [-0.4, -0.2) is 0 Å². The maximum Gasteiger partial charge on any atom is 0.336 e. The molecule has 0 saturated heterocycles. The molecule has 0 unspecified atom stereocenters. The number of para-hydroxylation sites is 2. The maximum absolute atomic E-state index is 11.8. The molecule has 4 rings (SSSR count). The van der Waals surface area contributed by atoms with E-state index in [1.54, 1.807) is 6.07 Å². The lowest BCUT2D eigenvalue weighted by atomic mass is 10.1. The van der Waals surface area contributed by atoms with E-state index in [0.29, 0.717) is 28.2 Å². The first kappa shape index (κ1) is 11.8. The third-order valence-corrected chi connectivity index (χ3v) is 3.53. The molecular weight excluding hydrogens is 266 g/mol. The van der Waals surface area contributed by atoms with Crippen molar-refractivity contribution in [1.82, 2.24) is 0 Å². The van der Waals surface area contributed by atoms with Gasteiger partial charge >= 0.3 is 5.63 Å². The summed E-state index contributed by atoms with van der Waals surface area (Å²) >= 11 is 0. The van der Waals surface area contributed by atoms with Crippen molar-refractivity contribution in [1.29, 1.82) is 0 Å². The largest absolute Gasteiger partial charge is 0.454 e. The third kappa shape index (κ3) is 1.73. The first-order chi connectivity index (χ1) is 10.2. The minimum Gasteiger partial charge on any atom is -0.454 e. The summed E-state index contributed by atoms with van der Waals surface area (Å²) < 4.78 is 11.0. The normalized spacial score (nSPS) is 11.2. The van der Waals surface area contributed by atoms with Gasteiger partial charge in [0.1, 0.15) is 11.2 Å². The zero-order chi connectivity index (χ0) is 14.4. The molecule has 2 aromatic carbocycles. The van der Waals surface area contributed by atoms with Crippen LogP contribution in [0.15, 0.2) is 68.2 Å². The fourth-order valence-corrected chi connectivity index (χ4v) is 2.56. The van der Waals surface area contributed by atoms with Crippen LogP contribution in [0.1, 0.15) is 0 Å². The predicted molar refractivity (Wildman–Crippen MR) is 82.1 cm³/mol. The zero-order valence-electron chi connectivity index (χ0n) is 11.0. The van der Waals surface area contributed by atoms with Gasteiger partial charge < -0.3 is 14.6 Å². The number of benzene rings is 2.